The molecule has 0 spiro atoms. The number of nitrogens with zero attached hydrogens (tertiary/aromatic N) is 3. The lowest BCUT2D eigenvalue weighted by Crippen LogP contribution is -2.48. The number of rotatable bonds is 5. The normalized spacial score (nSPS) is 17.5. The molecule has 140 valence electrons. The maximum Gasteiger partial charge on any atom is 0.318 e. The van der Waals surface area contributed by atoms with Gasteiger partial charge < -0.3 is 14.7 Å². The molecule has 2 amide bonds. The molecule has 3 rings (SSSR count). The summed E-state index contributed by atoms with van der Waals surface area (Å²) < 4.78 is 5.48. The average molecular weight is 356 g/mol. The Kier molecular flexibility index (Phi) is 5.59. The Bertz CT molecular complexity index is 721. The molecule has 1 atom stereocenters. The number of carbonyl (C=O) groups is 1. The van der Waals surface area contributed by atoms with Crippen molar-refractivity contribution in [3.05, 3.63) is 47.6 Å². The van der Waals surface area contributed by atoms with Crippen molar-refractivity contribution in [1.82, 2.24) is 20.4 Å². The largest absolute Gasteiger partial charge is 0.337 e. The van der Waals surface area contributed by atoms with E-state index < -0.39 is 0 Å². The highest BCUT2D eigenvalue weighted by Crippen LogP contribution is 2.31. The Hall–Kier alpha value is -2.37. The molecule has 26 heavy (non-hydrogen) atoms. The molecule has 1 aliphatic heterocycles. The summed E-state index contributed by atoms with van der Waals surface area (Å²) in [6, 6.07) is 10.2. The summed E-state index contributed by atoms with van der Waals surface area (Å²) in [5.74, 6) is 1.28. The van der Waals surface area contributed by atoms with Crippen LogP contribution in [-0.4, -0.2) is 33.2 Å². The van der Waals surface area contributed by atoms with Gasteiger partial charge in [0.2, 0.25) is 5.89 Å². The van der Waals surface area contributed by atoms with Crippen molar-refractivity contribution >= 4 is 6.03 Å². The number of aromatic nitrogens is 2. The fourth-order valence-corrected chi connectivity index (χ4v) is 3.26. The van der Waals surface area contributed by atoms with Crippen LogP contribution in [0.2, 0.25) is 0 Å². The van der Waals surface area contributed by atoms with Crippen LogP contribution in [0.3, 0.4) is 0 Å². The first-order valence-electron chi connectivity index (χ1n) is 9.37. The lowest BCUT2D eigenvalue weighted by molar-refractivity contribution is 0.172. The van der Waals surface area contributed by atoms with Crippen molar-refractivity contribution in [2.45, 2.75) is 64.5 Å². The quantitative estimate of drug-likeness (QED) is 0.882. The number of hydrogen-bond donors (Lipinski definition) is 1. The van der Waals surface area contributed by atoms with Gasteiger partial charge in [0.15, 0.2) is 5.82 Å². The Balaban J connectivity index is 1.57. The fourth-order valence-electron chi connectivity index (χ4n) is 3.26. The third-order valence-corrected chi connectivity index (χ3v) is 4.47. The van der Waals surface area contributed by atoms with E-state index in [1.165, 1.54) is 5.56 Å². The zero-order valence-corrected chi connectivity index (χ0v) is 15.9. The average Bonchev–Trinajstić information content (AvgIpc) is 3.23. The molecular weight excluding hydrogens is 328 g/mol. The topological polar surface area (TPSA) is 71.3 Å². The first-order valence-corrected chi connectivity index (χ1v) is 9.37. The predicted molar refractivity (Wildman–Crippen MR) is 99.7 cm³/mol. The minimum absolute atomic E-state index is 0.0659. The van der Waals surface area contributed by atoms with Crippen molar-refractivity contribution in [2.24, 2.45) is 0 Å². The van der Waals surface area contributed by atoms with E-state index in [2.05, 4.69) is 39.7 Å². The molecule has 6 heteroatoms. The van der Waals surface area contributed by atoms with Gasteiger partial charge in [0.25, 0.3) is 0 Å². The number of carbonyl (C=O) groups excluding carboxylic acids is 1. The van der Waals surface area contributed by atoms with Crippen LogP contribution in [0, 0.1) is 0 Å². The van der Waals surface area contributed by atoms with Crippen LogP contribution >= 0.6 is 0 Å². The third-order valence-electron chi connectivity index (χ3n) is 4.47. The van der Waals surface area contributed by atoms with Crippen LogP contribution in [0.5, 0.6) is 0 Å². The standard InChI is InChI=1S/C20H28N4O2/c1-20(2,3)22-19(25)24-14-8-12-16(24)18-21-17(23-26-18)13-7-11-15-9-5-4-6-10-15/h4-6,9-10,16H,7-8,11-14H2,1-3H3,(H,22,25)/t16-/m0/s1. The van der Waals surface area contributed by atoms with E-state index in [1.807, 2.05) is 31.7 Å². The summed E-state index contributed by atoms with van der Waals surface area (Å²) in [5.41, 5.74) is 1.05. The number of nitrogens with one attached hydrogen (secondary N) is 1. The smallest absolute Gasteiger partial charge is 0.318 e. The van der Waals surface area contributed by atoms with Crippen LogP contribution in [0.4, 0.5) is 4.79 Å². The van der Waals surface area contributed by atoms with Crippen LogP contribution < -0.4 is 5.32 Å². The molecule has 1 aliphatic rings. The Morgan fingerprint density at radius 1 is 1.27 bits per heavy atom. The van der Waals surface area contributed by atoms with Crippen molar-refractivity contribution in [1.29, 1.82) is 0 Å². The molecule has 1 N–H and O–H groups in total. The van der Waals surface area contributed by atoms with Crippen LogP contribution in [0.15, 0.2) is 34.9 Å². The Morgan fingerprint density at radius 2 is 2.04 bits per heavy atom. The summed E-state index contributed by atoms with van der Waals surface area (Å²) in [4.78, 5) is 18.9. The van der Waals surface area contributed by atoms with E-state index >= 15 is 0 Å². The maximum absolute atomic E-state index is 12.5. The molecule has 0 aliphatic carbocycles. The fraction of sp³-hybridized carbons (Fsp3) is 0.550. The lowest BCUT2D eigenvalue weighted by atomic mass is 10.1. The van der Waals surface area contributed by atoms with Crippen molar-refractivity contribution in [3.63, 3.8) is 0 Å². The Morgan fingerprint density at radius 3 is 2.77 bits per heavy atom. The molecule has 0 radical (unpaired) electrons. The molecule has 0 unspecified atom stereocenters. The van der Waals surface area contributed by atoms with Gasteiger partial charge in [-0.25, -0.2) is 4.79 Å². The van der Waals surface area contributed by atoms with Gasteiger partial charge in [-0.05, 0) is 52.0 Å². The molecule has 0 saturated carbocycles. The Labute approximate surface area is 155 Å². The molecule has 2 heterocycles. The van der Waals surface area contributed by atoms with E-state index in [0.29, 0.717) is 5.89 Å². The summed E-state index contributed by atoms with van der Waals surface area (Å²) in [7, 11) is 0. The van der Waals surface area contributed by atoms with Crippen LogP contribution in [0.25, 0.3) is 0 Å². The third kappa shape index (κ3) is 4.84. The lowest BCUT2D eigenvalue weighted by Gasteiger charge is -2.28. The zero-order chi connectivity index (χ0) is 18.6. The van der Waals surface area contributed by atoms with Gasteiger partial charge in [-0.15, -0.1) is 0 Å². The molecule has 1 aromatic heterocycles. The summed E-state index contributed by atoms with van der Waals surface area (Å²) in [6.45, 7) is 6.66. The number of hydrogen-bond acceptors (Lipinski definition) is 4. The highest BCUT2D eigenvalue weighted by molar-refractivity contribution is 5.75. The van der Waals surface area contributed by atoms with Gasteiger partial charge in [-0.1, -0.05) is 35.5 Å². The van der Waals surface area contributed by atoms with Gasteiger partial charge in [-0.3, -0.25) is 0 Å². The highest BCUT2D eigenvalue weighted by Gasteiger charge is 2.35. The second-order valence-corrected chi connectivity index (χ2v) is 7.92. The molecule has 0 bridgehead atoms. The van der Waals surface area contributed by atoms with Crippen LogP contribution in [0.1, 0.15) is 63.4 Å². The van der Waals surface area contributed by atoms with E-state index in [-0.39, 0.29) is 17.6 Å². The van der Waals surface area contributed by atoms with Gasteiger partial charge in [0.05, 0.1) is 0 Å². The van der Waals surface area contributed by atoms with E-state index in [4.69, 9.17) is 4.52 Å². The van der Waals surface area contributed by atoms with Crippen LogP contribution in [-0.2, 0) is 12.8 Å². The molecule has 1 saturated heterocycles. The number of amides is 2. The number of aryl methyl sites for hydroxylation is 2. The van der Waals surface area contributed by atoms with Gasteiger partial charge >= 0.3 is 6.03 Å². The molecule has 6 nitrogen and oxygen atoms in total. The van der Waals surface area contributed by atoms with E-state index in [9.17, 15) is 4.79 Å². The van der Waals surface area contributed by atoms with Gasteiger partial charge in [0.1, 0.15) is 6.04 Å². The monoisotopic (exact) mass is 356 g/mol. The summed E-state index contributed by atoms with van der Waals surface area (Å²) in [5, 5.41) is 7.13. The first-order chi connectivity index (χ1) is 12.4. The second-order valence-electron chi connectivity index (χ2n) is 7.92. The SMILES string of the molecule is CC(C)(C)NC(=O)N1CCC[C@H]1c1nc(CCCc2ccccc2)no1. The first kappa shape index (κ1) is 18.4. The minimum Gasteiger partial charge on any atom is -0.337 e. The minimum atomic E-state index is -0.262. The van der Waals surface area contributed by atoms with Crippen molar-refractivity contribution in [3.8, 4) is 0 Å². The molecule has 1 aromatic carbocycles. The van der Waals surface area contributed by atoms with Gasteiger partial charge in [0, 0.05) is 18.5 Å². The molecular formula is C20H28N4O2. The van der Waals surface area contributed by atoms with Crippen molar-refractivity contribution in [2.75, 3.05) is 6.54 Å². The van der Waals surface area contributed by atoms with E-state index in [1.54, 1.807) is 0 Å². The summed E-state index contributed by atoms with van der Waals surface area (Å²) in [6.07, 6.45) is 4.56. The predicted octanol–water partition coefficient (Wildman–Crippen LogP) is 3.89. The second kappa shape index (κ2) is 7.89. The zero-order valence-electron chi connectivity index (χ0n) is 15.9. The summed E-state index contributed by atoms with van der Waals surface area (Å²) >= 11 is 0. The van der Waals surface area contributed by atoms with Gasteiger partial charge in [-0.2, -0.15) is 4.98 Å². The highest BCUT2D eigenvalue weighted by atomic mass is 16.5. The molecule has 2 aromatic rings. The number of benzene rings is 1. The number of likely N-dealkylation sites (tertiary alicyclic amines) is 1. The number of urea groups is 1. The maximum atomic E-state index is 12.5. The molecule has 1 fully saturated rings. The van der Waals surface area contributed by atoms with E-state index in [0.717, 1.165) is 44.5 Å². The van der Waals surface area contributed by atoms with Crippen molar-refractivity contribution < 1.29 is 9.32 Å².